The van der Waals surface area contributed by atoms with Crippen LogP contribution in [0.25, 0.3) is 0 Å². The molecule has 17 heavy (non-hydrogen) atoms. The molecule has 1 aromatic heterocycles. The van der Waals surface area contributed by atoms with Crippen molar-refractivity contribution < 1.29 is 13.5 Å². The average molecular weight is 257 g/mol. The standard InChI is InChI=1S/C12H19NO3S/c1-3-17(15,16)9-5-7-12(2,14)11-6-4-8-13-10-11/h4,6,8,10,14H,3,5,7,9H2,1-2H3. The molecule has 96 valence electrons. The summed E-state index contributed by atoms with van der Waals surface area (Å²) in [7, 11) is -2.95. The van der Waals surface area contributed by atoms with Crippen LogP contribution in [0.2, 0.25) is 0 Å². The van der Waals surface area contributed by atoms with Crippen molar-refractivity contribution in [3.63, 3.8) is 0 Å². The molecule has 4 nitrogen and oxygen atoms in total. The molecule has 0 aliphatic heterocycles. The molecule has 0 saturated heterocycles. The molecule has 0 saturated carbocycles. The molecule has 1 rings (SSSR count). The molecular weight excluding hydrogens is 238 g/mol. The van der Waals surface area contributed by atoms with Crippen molar-refractivity contribution in [3.8, 4) is 0 Å². The first-order chi connectivity index (χ1) is 7.87. The highest BCUT2D eigenvalue weighted by atomic mass is 32.2. The molecule has 0 aliphatic rings. The second kappa shape index (κ2) is 5.60. The van der Waals surface area contributed by atoms with Gasteiger partial charge < -0.3 is 5.11 Å². The zero-order valence-corrected chi connectivity index (χ0v) is 11.1. The van der Waals surface area contributed by atoms with E-state index in [0.717, 1.165) is 0 Å². The lowest BCUT2D eigenvalue weighted by Gasteiger charge is -2.23. The molecule has 1 atom stereocenters. The Hall–Kier alpha value is -0.940. The lowest BCUT2D eigenvalue weighted by atomic mass is 9.93. The molecule has 0 fully saturated rings. The fourth-order valence-corrected chi connectivity index (χ4v) is 2.48. The van der Waals surface area contributed by atoms with Crippen LogP contribution in [-0.4, -0.2) is 30.0 Å². The summed E-state index contributed by atoms with van der Waals surface area (Å²) in [5.74, 6) is 0.280. The van der Waals surface area contributed by atoms with E-state index >= 15 is 0 Å². The van der Waals surface area contributed by atoms with E-state index in [9.17, 15) is 13.5 Å². The van der Waals surface area contributed by atoms with Crippen molar-refractivity contribution in [2.45, 2.75) is 32.3 Å². The van der Waals surface area contributed by atoms with Gasteiger partial charge in [0.15, 0.2) is 0 Å². The maximum absolute atomic E-state index is 11.3. The molecular formula is C12H19NO3S. The Kier molecular flexibility index (Phi) is 4.65. The van der Waals surface area contributed by atoms with E-state index in [2.05, 4.69) is 4.98 Å². The van der Waals surface area contributed by atoms with Crippen molar-refractivity contribution in [2.75, 3.05) is 11.5 Å². The van der Waals surface area contributed by atoms with Crippen LogP contribution < -0.4 is 0 Å². The van der Waals surface area contributed by atoms with Crippen LogP contribution in [0, 0.1) is 0 Å². The molecule has 0 spiro atoms. The van der Waals surface area contributed by atoms with E-state index in [4.69, 9.17) is 0 Å². The number of hydrogen-bond donors (Lipinski definition) is 1. The predicted octanol–water partition coefficient (Wildman–Crippen LogP) is 1.50. The second-order valence-electron chi connectivity index (χ2n) is 4.36. The normalized spacial score (nSPS) is 15.5. The Balaban J connectivity index is 2.57. The van der Waals surface area contributed by atoms with Crippen molar-refractivity contribution in [1.29, 1.82) is 0 Å². The molecule has 1 aromatic rings. The third-order valence-electron chi connectivity index (χ3n) is 2.84. The van der Waals surface area contributed by atoms with Crippen molar-refractivity contribution in [1.82, 2.24) is 4.98 Å². The monoisotopic (exact) mass is 257 g/mol. The lowest BCUT2D eigenvalue weighted by molar-refractivity contribution is 0.0468. The molecule has 0 radical (unpaired) electrons. The third-order valence-corrected chi connectivity index (χ3v) is 4.63. The molecule has 1 unspecified atom stereocenters. The van der Waals surface area contributed by atoms with Gasteiger partial charge in [-0.3, -0.25) is 4.98 Å². The average Bonchev–Trinajstić information content (AvgIpc) is 2.30. The summed E-state index contributed by atoms with van der Waals surface area (Å²) in [5.41, 5.74) is -0.300. The van der Waals surface area contributed by atoms with Crippen LogP contribution >= 0.6 is 0 Å². The highest BCUT2D eigenvalue weighted by molar-refractivity contribution is 7.91. The van der Waals surface area contributed by atoms with E-state index in [1.54, 1.807) is 38.4 Å². The summed E-state index contributed by atoms with van der Waals surface area (Å²) >= 11 is 0. The van der Waals surface area contributed by atoms with Gasteiger partial charge in [-0.1, -0.05) is 13.0 Å². The maximum atomic E-state index is 11.3. The number of sulfone groups is 1. The van der Waals surface area contributed by atoms with E-state index < -0.39 is 15.4 Å². The van der Waals surface area contributed by atoms with E-state index in [1.807, 2.05) is 0 Å². The molecule has 1 heterocycles. The lowest BCUT2D eigenvalue weighted by Crippen LogP contribution is -2.22. The van der Waals surface area contributed by atoms with E-state index in [1.165, 1.54) is 0 Å². The number of hydrogen-bond acceptors (Lipinski definition) is 4. The number of aliphatic hydroxyl groups is 1. The Morgan fingerprint density at radius 2 is 2.18 bits per heavy atom. The number of rotatable bonds is 6. The zero-order valence-electron chi connectivity index (χ0n) is 10.3. The number of pyridine rings is 1. The fourth-order valence-electron chi connectivity index (χ4n) is 1.61. The minimum absolute atomic E-state index is 0.125. The molecule has 0 amide bonds. The SMILES string of the molecule is CCS(=O)(=O)CCCC(C)(O)c1cccnc1. The first-order valence-electron chi connectivity index (χ1n) is 5.71. The van der Waals surface area contributed by atoms with Gasteiger partial charge in [-0.25, -0.2) is 8.42 Å². The van der Waals surface area contributed by atoms with E-state index in [-0.39, 0.29) is 11.5 Å². The first kappa shape index (κ1) is 14.1. The summed E-state index contributed by atoms with van der Waals surface area (Å²) in [4.78, 5) is 3.95. The Morgan fingerprint density at radius 1 is 1.47 bits per heavy atom. The summed E-state index contributed by atoms with van der Waals surface area (Å²) in [5, 5.41) is 10.2. The smallest absolute Gasteiger partial charge is 0.150 e. The number of nitrogens with zero attached hydrogens (tertiary/aromatic N) is 1. The van der Waals surface area contributed by atoms with Crippen LogP contribution in [-0.2, 0) is 15.4 Å². The van der Waals surface area contributed by atoms with Crippen LogP contribution in [0.4, 0.5) is 0 Å². The van der Waals surface area contributed by atoms with Crippen LogP contribution in [0.1, 0.15) is 32.3 Å². The molecule has 0 aromatic carbocycles. The molecule has 5 heteroatoms. The van der Waals surface area contributed by atoms with Gasteiger partial charge in [0.05, 0.1) is 11.4 Å². The Morgan fingerprint density at radius 3 is 2.71 bits per heavy atom. The maximum Gasteiger partial charge on any atom is 0.150 e. The van der Waals surface area contributed by atoms with Gasteiger partial charge in [0.25, 0.3) is 0 Å². The second-order valence-corrected chi connectivity index (χ2v) is 6.83. The minimum atomic E-state index is -2.95. The summed E-state index contributed by atoms with van der Waals surface area (Å²) in [6.45, 7) is 3.32. The predicted molar refractivity (Wildman–Crippen MR) is 67.4 cm³/mol. The highest BCUT2D eigenvalue weighted by Crippen LogP contribution is 2.25. The summed E-state index contributed by atoms with van der Waals surface area (Å²) < 4.78 is 22.7. The fraction of sp³-hybridized carbons (Fsp3) is 0.583. The molecule has 1 N–H and O–H groups in total. The van der Waals surface area contributed by atoms with Crippen LogP contribution in [0.3, 0.4) is 0 Å². The first-order valence-corrected chi connectivity index (χ1v) is 7.53. The van der Waals surface area contributed by atoms with Gasteiger partial charge in [-0.05, 0) is 25.8 Å². The van der Waals surface area contributed by atoms with E-state index in [0.29, 0.717) is 18.4 Å². The highest BCUT2D eigenvalue weighted by Gasteiger charge is 2.23. The van der Waals surface area contributed by atoms with Gasteiger partial charge in [-0.15, -0.1) is 0 Å². The Labute approximate surface area is 103 Å². The van der Waals surface area contributed by atoms with Crippen molar-refractivity contribution in [2.24, 2.45) is 0 Å². The molecule has 0 aliphatic carbocycles. The van der Waals surface area contributed by atoms with Gasteiger partial charge in [0, 0.05) is 23.7 Å². The topological polar surface area (TPSA) is 67.3 Å². The largest absolute Gasteiger partial charge is 0.385 e. The summed E-state index contributed by atoms with van der Waals surface area (Å²) in [6, 6.07) is 3.55. The quantitative estimate of drug-likeness (QED) is 0.838. The zero-order chi connectivity index (χ0) is 12.9. The van der Waals surface area contributed by atoms with Gasteiger partial charge in [-0.2, -0.15) is 0 Å². The van der Waals surface area contributed by atoms with Gasteiger partial charge >= 0.3 is 0 Å². The van der Waals surface area contributed by atoms with Crippen LogP contribution in [0.15, 0.2) is 24.5 Å². The Bertz CT molecular complexity index is 440. The van der Waals surface area contributed by atoms with Gasteiger partial charge in [0.2, 0.25) is 0 Å². The van der Waals surface area contributed by atoms with Gasteiger partial charge in [0.1, 0.15) is 9.84 Å². The van der Waals surface area contributed by atoms with Crippen LogP contribution in [0.5, 0.6) is 0 Å². The van der Waals surface area contributed by atoms with Crippen molar-refractivity contribution >= 4 is 9.84 Å². The summed E-state index contributed by atoms with van der Waals surface area (Å²) in [6.07, 6.45) is 4.12. The minimum Gasteiger partial charge on any atom is -0.385 e. The van der Waals surface area contributed by atoms with Crippen molar-refractivity contribution in [3.05, 3.63) is 30.1 Å². The molecule has 0 bridgehead atoms. The third kappa shape index (κ3) is 4.44. The number of aromatic nitrogens is 1.